The van der Waals surface area contributed by atoms with Crippen molar-refractivity contribution in [1.29, 1.82) is 0 Å². The Balaban J connectivity index is 3.23. The number of benzene rings is 1. The Morgan fingerprint density at radius 1 is 1.15 bits per heavy atom. The minimum absolute atomic E-state index is 0.237. The van der Waals surface area contributed by atoms with Gasteiger partial charge in [0.1, 0.15) is 5.75 Å². The van der Waals surface area contributed by atoms with E-state index in [1.54, 1.807) is 7.11 Å². The van der Waals surface area contributed by atoms with E-state index in [1.165, 1.54) is 0 Å². The molecule has 1 aromatic rings. The number of aliphatic hydroxyl groups is 1. The molecule has 1 aromatic carbocycles. The van der Waals surface area contributed by atoms with Crippen LogP contribution in [0.15, 0.2) is 35.3 Å². The average molecular weight is 401 g/mol. The molecular weight excluding hydrogens is 367 g/mol. The molecule has 26 heavy (non-hydrogen) atoms. The van der Waals surface area contributed by atoms with Gasteiger partial charge in [0.15, 0.2) is 0 Å². The smallest absolute Gasteiger partial charge is 0.353 e. The molecular formula is C19H33O5PSi. The van der Waals surface area contributed by atoms with E-state index in [0.29, 0.717) is 13.2 Å². The van der Waals surface area contributed by atoms with Crippen molar-refractivity contribution in [3.63, 3.8) is 0 Å². The van der Waals surface area contributed by atoms with Gasteiger partial charge < -0.3 is 18.9 Å². The van der Waals surface area contributed by atoms with Crippen LogP contribution >= 0.6 is 7.60 Å². The van der Waals surface area contributed by atoms with Gasteiger partial charge in [0.25, 0.3) is 0 Å². The Kier molecular flexibility index (Phi) is 8.77. The van der Waals surface area contributed by atoms with Gasteiger partial charge in [-0.2, -0.15) is 0 Å². The molecule has 0 radical (unpaired) electrons. The Bertz CT molecular complexity index is 626. The summed E-state index contributed by atoms with van der Waals surface area (Å²) in [4.78, 5) is 0.730. The quantitative estimate of drug-likeness (QED) is 0.421. The van der Waals surface area contributed by atoms with Crippen LogP contribution < -0.4 is 4.74 Å². The van der Waals surface area contributed by atoms with E-state index < -0.39 is 21.8 Å². The third-order valence-electron chi connectivity index (χ3n) is 4.04. The molecule has 0 unspecified atom stereocenters. The topological polar surface area (TPSA) is 65.0 Å². The normalized spacial score (nSPS) is 15.6. The second-order valence-corrected chi connectivity index (χ2v) is 14.7. The van der Waals surface area contributed by atoms with Crippen molar-refractivity contribution in [2.24, 2.45) is 5.92 Å². The first-order valence-corrected chi connectivity index (χ1v) is 14.1. The summed E-state index contributed by atoms with van der Waals surface area (Å²) >= 11 is 0. The van der Waals surface area contributed by atoms with Gasteiger partial charge in [0.05, 0.1) is 34.5 Å². The number of hydrogen-bond acceptors (Lipinski definition) is 5. The Morgan fingerprint density at radius 2 is 1.65 bits per heavy atom. The standard InChI is InChI=1S/C19H33O5PSi/c1-8-23-25(21,24-9-2)18(26(5,6)7)14-15(3)19(20)16-10-12-17(22-4)13-11-16/h10-15,19-20H,8-9H2,1-7H3/b18-14+/t15-,19-/m1/s1. The molecule has 0 aromatic heterocycles. The first-order valence-electron chi connectivity index (χ1n) is 9.03. The molecule has 0 heterocycles. The van der Waals surface area contributed by atoms with Crippen molar-refractivity contribution in [3.05, 3.63) is 40.8 Å². The SMILES string of the molecule is CCOP(=O)(OCC)/C(=C\[C@@H](C)[C@@H](O)c1ccc(OC)cc1)[Si](C)(C)C. The summed E-state index contributed by atoms with van der Waals surface area (Å²) in [5, 5.41) is 10.8. The van der Waals surface area contributed by atoms with Crippen molar-refractivity contribution < 1.29 is 23.5 Å². The van der Waals surface area contributed by atoms with E-state index in [-0.39, 0.29) is 5.92 Å². The molecule has 0 aliphatic heterocycles. The molecule has 0 spiro atoms. The summed E-state index contributed by atoms with van der Waals surface area (Å²) in [6.07, 6.45) is 1.18. The van der Waals surface area contributed by atoms with Crippen LogP contribution in [0.5, 0.6) is 5.75 Å². The van der Waals surface area contributed by atoms with Crippen molar-refractivity contribution >= 4 is 15.7 Å². The van der Waals surface area contributed by atoms with Gasteiger partial charge >= 0.3 is 7.60 Å². The summed E-state index contributed by atoms with van der Waals surface area (Å²) in [6.45, 7) is 12.5. The minimum atomic E-state index is -3.36. The Labute approximate surface area is 158 Å². The fourth-order valence-corrected chi connectivity index (χ4v) is 8.60. The predicted octanol–water partition coefficient (Wildman–Crippen LogP) is 5.39. The van der Waals surface area contributed by atoms with E-state index in [0.717, 1.165) is 16.3 Å². The lowest BCUT2D eigenvalue weighted by atomic mass is 9.97. The predicted molar refractivity (Wildman–Crippen MR) is 109 cm³/mol. The van der Waals surface area contributed by atoms with Crippen LogP contribution in [0.25, 0.3) is 0 Å². The molecule has 148 valence electrons. The van der Waals surface area contributed by atoms with Crippen LogP contribution in [-0.4, -0.2) is 33.5 Å². The molecule has 1 rings (SSSR count). The lowest BCUT2D eigenvalue weighted by Gasteiger charge is -2.30. The third-order valence-corrected chi connectivity index (χ3v) is 10.5. The van der Waals surface area contributed by atoms with Crippen molar-refractivity contribution in [1.82, 2.24) is 0 Å². The highest BCUT2D eigenvalue weighted by molar-refractivity contribution is 7.62. The molecule has 0 bridgehead atoms. The molecule has 0 saturated heterocycles. The maximum Gasteiger partial charge on any atom is 0.353 e. The van der Waals surface area contributed by atoms with Crippen molar-refractivity contribution in [2.75, 3.05) is 20.3 Å². The van der Waals surface area contributed by atoms with E-state index in [1.807, 2.05) is 51.1 Å². The van der Waals surface area contributed by atoms with Crippen molar-refractivity contribution in [3.8, 4) is 5.75 Å². The second kappa shape index (κ2) is 9.86. The van der Waals surface area contributed by atoms with Crippen LogP contribution in [0, 0.1) is 5.92 Å². The highest BCUT2D eigenvalue weighted by atomic mass is 31.2. The number of hydrogen-bond donors (Lipinski definition) is 1. The fourth-order valence-electron chi connectivity index (χ4n) is 2.71. The van der Waals surface area contributed by atoms with Crippen LogP contribution in [0.2, 0.25) is 19.6 Å². The van der Waals surface area contributed by atoms with E-state index in [4.69, 9.17) is 13.8 Å². The van der Waals surface area contributed by atoms with Crippen LogP contribution in [0.3, 0.4) is 0 Å². The fraction of sp³-hybridized carbons (Fsp3) is 0.579. The largest absolute Gasteiger partial charge is 0.497 e. The molecule has 0 saturated carbocycles. The molecule has 1 N–H and O–H groups in total. The van der Waals surface area contributed by atoms with E-state index >= 15 is 0 Å². The van der Waals surface area contributed by atoms with Gasteiger partial charge in [0.2, 0.25) is 0 Å². The molecule has 7 heteroatoms. The number of rotatable bonds is 10. The second-order valence-electron chi connectivity index (χ2n) is 7.21. The highest BCUT2D eigenvalue weighted by Crippen LogP contribution is 2.59. The monoisotopic (exact) mass is 400 g/mol. The first-order chi connectivity index (χ1) is 12.1. The summed E-state index contributed by atoms with van der Waals surface area (Å²) < 4.78 is 29.7. The van der Waals surface area contributed by atoms with Crippen LogP contribution in [0.4, 0.5) is 0 Å². The summed E-state index contributed by atoms with van der Waals surface area (Å²) in [6, 6.07) is 7.32. The zero-order valence-electron chi connectivity index (χ0n) is 17.0. The maximum absolute atomic E-state index is 13.4. The van der Waals surface area contributed by atoms with Crippen LogP contribution in [-0.2, 0) is 13.6 Å². The van der Waals surface area contributed by atoms with E-state index in [9.17, 15) is 9.67 Å². The first kappa shape index (κ1) is 23.1. The van der Waals surface area contributed by atoms with Gasteiger partial charge in [-0.15, -0.1) is 0 Å². The Morgan fingerprint density at radius 3 is 2.04 bits per heavy atom. The van der Waals surface area contributed by atoms with Gasteiger partial charge in [-0.3, -0.25) is 4.57 Å². The number of ether oxygens (including phenoxy) is 1. The van der Waals surface area contributed by atoms with Crippen molar-refractivity contribution in [2.45, 2.75) is 46.5 Å². The molecule has 0 aliphatic carbocycles. The lowest BCUT2D eigenvalue weighted by Crippen LogP contribution is -2.26. The van der Waals surface area contributed by atoms with E-state index in [2.05, 4.69) is 19.6 Å². The Hall–Kier alpha value is -0.913. The molecule has 0 aliphatic rings. The number of methoxy groups -OCH3 is 1. The summed E-state index contributed by atoms with van der Waals surface area (Å²) in [7, 11) is -3.75. The lowest BCUT2D eigenvalue weighted by molar-refractivity contribution is 0.139. The van der Waals surface area contributed by atoms with Gasteiger partial charge in [-0.05, 0) is 31.5 Å². The van der Waals surface area contributed by atoms with Gasteiger partial charge in [0, 0.05) is 10.9 Å². The van der Waals surface area contributed by atoms with Crippen LogP contribution in [0.1, 0.15) is 32.4 Å². The minimum Gasteiger partial charge on any atom is -0.497 e. The van der Waals surface area contributed by atoms with Gasteiger partial charge in [-0.25, -0.2) is 0 Å². The molecule has 2 atom stereocenters. The summed E-state index contributed by atoms with van der Waals surface area (Å²) in [5.74, 6) is 0.503. The zero-order chi connectivity index (χ0) is 20.0. The third kappa shape index (κ3) is 6.07. The number of aliphatic hydroxyl groups excluding tert-OH is 1. The maximum atomic E-state index is 13.4. The zero-order valence-corrected chi connectivity index (χ0v) is 18.9. The summed E-state index contributed by atoms with van der Waals surface area (Å²) in [5.41, 5.74) is 0.784. The highest BCUT2D eigenvalue weighted by Gasteiger charge is 2.39. The molecule has 0 amide bonds. The molecule has 0 fully saturated rings. The molecule has 5 nitrogen and oxygen atoms in total. The average Bonchev–Trinajstić information content (AvgIpc) is 2.58. The van der Waals surface area contributed by atoms with Gasteiger partial charge in [-0.1, -0.05) is 44.8 Å².